The summed E-state index contributed by atoms with van der Waals surface area (Å²) < 4.78 is 15.0. The van der Waals surface area contributed by atoms with Crippen molar-refractivity contribution in [3.05, 3.63) is 78.4 Å². The fourth-order valence-corrected chi connectivity index (χ4v) is 3.16. The lowest BCUT2D eigenvalue weighted by molar-refractivity contribution is 0.451. The number of hydrogen-bond acceptors (Lipinski definition) is 2. The zero-order chi connectivity index (χ0) is 17.9. The van der Waals surface area contributed by atoms with Gasteiger partial charge in [0.1, 0.15) is 12.5 Å². The van der Waals surface area contributed by atoms with Crippen molar-refractivity contribution in [2.24, 2.45) is 0 Å². The largest absolute Gasteiger partial charge is 0.321 e. The van der Waals surface area contributed by atoms with E-state index >= 15 is 0 Å². The molecule has 0 amide bonds. The van der Waals surface area contributed by atoms with Crippen LogP contribution in [0.3, 0.4) is 0 Å². The molecule has 0 fully saturated rings. The Kier molecular flexibility index (Phi) is 4.20. The minimum Gasteiger partial charge on any atom is -0.321 e. The summed E-state index contributed by atoms with van der Waals surface area (Å²) in [7, 11) is 0. The van der Waals surface area contributed by atoms with Crippen LogP contribution in [0.5, 0.6) is 0 Å². The number of aryl methyl sites for hydroxylation is 1. The SMILES string of the molecule is N#Cc1ccc(-c2ccc(-c3nc4ccccc4n3CCF)cc2)cc1. The van der Waals surface area contributed by atoms with Crippen molar-refractivity contribution >= 4 is 11.0 Å². The van der Waals surface area contributed by atoms with Gasteiger partial charge in [0.15, 0.2) is 0 Å². The average Bonchev–Trinajstić information content (AvgIpc) is 3.07. The molecule has 3 aromatic carbocycles. The second-order valence-corrected chi connectivity index (χ2v) is 6.03. The van der Waals surface area contributed by atoms with Crippen LogP contribution in [0.25, 0.3) is 33.5 Å². The maximum atomic E-state index is 13.1. The summed E-state index contributed by atoms with van der Waals surface area (Å²) in [4.78, 5) is 4.69. The highest BCUT2D eigenvalue weighted by Crippen LogP contribution is 2.27. The number of imidazole rings is 1. The van der Waals surface area contributed by atoms with E-state index in [1.807, 2.05) is 77.4 Å². The standard InChI is InChI=1S/C22H16FN3/c23-13-14-26-21-4-2-1-3-20(21)25-22(26)19-11-9-18(10-12-19)17-7-5-16(15-24)6-8-17/h1-12H,13-14H2. The van der Waals surface area contributed by atoms with Crippen molar-refractivity contribution in [1.29, 1.82) is 5.26 Å². The van der Waals surface area contributed by atoms with E-state index in [0.29, 0.717) is 5.56 Å². The van der Waals surface area contributed by atoms with Crippen LogP contribution in [0, 0.1) is 11.3 Å². The first-order valence-electron chi connectivity index (χ1n) is 8.42. The number of fused-ring (bicyclic) bond motifs is 1. The molecule has 4 aromatic rings. The molecule has 0 unspecified atom stereocenters. The summed E-state index contributed by atoms with van der Waals surface area (Å²) in [6, 6.07) is 25.5. The van der Waals surface area contributed by atoms with Crippen molar-refractivity contribution in [3.8, 4) is 28.6 Å². The maximum Gasteiger partial charge on any atom is 0.141 e. The highest BCUT2D eigenvalue weighted by molar-refractivity contribution is 5.81. The topological polar surface area (TPSA) is 41.6 Å². The molecule has 0 aliphatic heterocycles. The summed E-state index contributed by atoms with van der Waals surface area (Å²) in [5.74, 6) is 0.773. The van der Waals surface area contributed by atoms with Gasteiger partial charge in [-0.3, -0.25) is 0 Å². The number of nitrogens with zero attached hydrogens (tertiary/aromatic N) is 3. The van der Waals surface area contributed by atoms with Crippen LogP contribution >= 0.6 is 0 Å². The van der Waals surface area contributed by atoms with Gasteiger partial charge in [-0.05, 0) is 35.4 Å². The number of benzene rings is 3. The van der Waals surface area contributed by atoms with E-state index in [-0.39, 0.29) is 6.54 Å². The van der Waals surface area contributed by atoms with E-state index in [1.54, 1.807) is 0 Å². The third-order valence-electron chi connectivity index (χ3n) is 4.45. The van der Waals surface area contributed by atoms with Crippen molar-refractivity contribution in [1.82, 2.24) is 9.55 Å². The van der Waals surface area contributed by atoms with Gasteiger partial charge in [-0.1, -0.05) is 48.5 Å². The molecule has 0 aliphatic rings. The Hall–Kier alpha value is -3.45. The quantitative estimate of drug-likeness (QED) is 0.511. The minimum atomic E-state index is -0.434. The molecule has 0 spiro atoms. The maximum absolute atomic E-state index is 13.1. The summed E-state index contributed by atoms with van der Waals surface area (Å²) in [6.45, 7) is -0.149. The Morgan fingerprint density at radius 1 is 0.846 bits per heavy atom. The van der Waals surface area contributed by atoms with Crippen LogP contribution in [0.1, 0.15) is 5.56 Å². The average molecular weight is 341 g/mol. The molecular formula is C22H16FN3. The van der Waals surface area contributed by atoms with Gasteiger partial charge in [-0.25, -0.2) is 9.37 Å². The van der Waals surface area contributed by atoms with E-state index in [9.17, 15) is 4.39 Å². The summed E-state index contributed by atoms with van der Waals surface area (Å²) in [5, 5.41) is 8.91. The highest BCUT2D eigenvalue weighted by atomic mass is 19.1. The fraction of sp³-hybridized carbons (Fsp3) is 0.0909. The van der Waals surface area contributed by atoms with Gasteiger partial charge in [-0.15, -0.1) is 0 Å². The molecular weight excluding hydrogens is 325 g/mol. The molecule has 0 bridgehead atoms. The third kappa shape index (κ3) is 2.84. The normalized spacial score (nSPS) is 10.8. The molecule has 4 heteroatoms. The fourth-order valence-electron chi connectivity index (χ4n) is 3.16. The molecule has 0 atom stereocenters. The number of rotatable bonds is 4. The molecule has 0 saturated carbocycles. The number of nitriles is 1. The third-order valence-corrected chi connectivity index (χ3v) is 4.45. The number of hydrogen-bond donors (Lipinski definition) is 0. The van der Waals surface area contributed by atoms with Gasteiger partial charge in [0.25, 0.3) is 0 Å². The second kappa shape index (κ2) is 6.81. The molecule has 3 nitrogen and oxygen atoms in total. The van der Waals surface area contributed by atoms with Crippen molar-refractivity contribution in [3.63, 3.8) is 0 Å². The van der Waals surface area contributed by atoms with Crippen LogP contribution in [0.15, 0.2) is 72.8 Å². The van der Waals surface area contributed by atoms with Crippen LogP contribution < -0.4 is 0 Å². The van der Waals surface area contributed by atoms with Crippen LogP contribution in [-0.2, 0) is 6.54 Å². The zero-order valence-electron chi connectivity index (χ0n) is 14.1. The Morgan fingerprint density at radius 3 is 2.12 bits per heavy atom. The highest BCUT2D eigenvalue weighted by Gasteiger charge is 2.12. The van der Waals surface area contributed by atoms with Crippen LogP contribution in [0.2, 0.25) is 0 Å². The molecule has 0 radical (unpaired) electrons. The van der Waals surface area contributed by atoms with Crippen molar-refractivity contribution < 1.29 is 4.39 Å². The molecule has 126 valence electrons. The first-order chi connectivity index (χ1) is 12.8. The molecule has 0 saturated heterocycles. The van der Waals surface area contributed by atoms with Gasteiger partial charge in [0, 0.05) is 5.56 Å². The molecule has 0 N–H and O–H groups in total. The minimum absolute atomic E-state index is 0.285. The number of aromatic nitrogens is 2. The Morgan fingerprint density at radius 2 is 1.46 bits per heavy atom. The monoisotopic (exact) mass is 341 g/mol. The second-order valence-electron chi connectivity index (χ2n) is 6.03. The number of para-hydroxylation sites is 2. The number of alkyl halides is 1. The van der Waals surface area contributed by atoms with Gasteiger partial charge < -0.3 is 4.57 Å². The number of halogens is 1. The van der Waals surface area contributed by atoms with Crippen LogP contribution in [-0.4, -0.2) is 16.2 Å². The lowest BCUT2D eigenvalue weighted by Crippen LogP contribution is -2.02. The molecule has 1 aromatic heterocycles. The Labute approximate surface area is 151 Å². The van der Waals surface area contributed by atoms with Crippen LogP contribution in [0.4, 0.5) is 4.39 Å². The van der Waals surface area contributed by atoms with Gasteiger partial charge in [0.05, 0.1) is 29.2 Å². The predicted octanol–water partition coefficient (Wildman–Crippen LogP) is 5.21. The van der Waals surface area contributed by atoms with E-state index in [2.05, 4.69) is 11.1 Å². The summed E-state index contributed by atoms with van der Waals surface area (Å²) in [5.41, 5.74) is 5.51. The van der Waals surface area contributed by atoms with E-state index in [0.717, 1.165) is 33.5 Å². The first kappa shape index (κ1) is 16.0. The smallest absolute Gasteiger partial charge is 0.141 e. The van der Waals surface area contributed by atoms with Gasteiger partial charge >= 0.3 is 0 Å². The molecule has 1 heterocycles. The molecule has 26 heavy (non-hydrogen) atoms. The first-order valence-corrected chi connectivity index (χ1v) is 8.42. The Balaban J connectivity index is 1.74. The lowest BCUT2D eigenvalue weighted by atomic mass is 10.0. The lowest BCUT2D eigenvalue weighted by Gasteiger charge is -2.08. The zero-order valence-corrected chi connectivity index (χ0v) is 14.1. The summed E-state index contributed by atoms with van der Waals surface area (Å²) >= 11 is 0. The summed E-state index contributed by atoms with van der Waals surface area (Å²) in [6.07, 6.45) is 0. The molecule has 4 rings (SSSR count). The molecule has 0 aliphatic carbocycles. The van der Waals surface area contributed by atoms with E-state index in [1.165, 1.54) is 0 Å². The van der Waals surface area contributed by atoms with E-state index < -0.39 is 6.67 Å². The van der Waals surface area contributed by atoms with Crippen molar-refractivity contribution in [2.75, 3.05) is 6.67 Å². The van der Waals surface area contributed by atoms with Crippen molar-refractivity contribution in [2.45, 2.75) is 6.54 Å². The van der Waals surface area contributed by atoms with E-state index in [4.69, 9.17) is 5.26 Å². The van der Waals surface area contributed by atoms with Gasteiger partial charge in [-0.2, -0.15) is 5.26 Å². The predicted molar refractivity (Wildman–Crippen MR) is 101 cm³/mol. The Bertz CT molecular complexity index is 1090. The van der Waals surface area contributed by atoms with Gasteiger partial charge in [0.2, 0.25) is 0 Å².